The van der Waals surface area contributed by atoms with Crippen molar-refractivity contribution in [2.24, 2.45) is 0 Å². The molecule has 0 N–H and O–H groups in total. The number of rotatable bonds is 5. The Labute approximate surface area is 201 Å². The number of halogens is 1. The third-order valence-electron chi connectivity index (χ3n) is 6.19. The van der Waals surface area contributed by atoms with Gasteiger partial charge in [-0.05, 0) is 48.9 Å². The van der Waals surface area contributed by atoms with Gasteiger partial charge in [0.25, 0.3) is 0 Å². The van der Waals surface area contributed by atoms with E-state index in [2.05, 4.69) is 26.9 Å². The summed E-state index contributed by atoms with van der Waals surface area (Å²) in [5.74, 6) is 0.809. The Kier molecular flexibility index (Phi) is 4.80. The molecule has 34 heavy (non-hydrogen) atoms. The first-order valence-corrected chi connectivity index (χ1v) is 13.0. The number of fused-ring (bicyclic) bond motifs is 3. The second-order valence-corrected chi connectivity index (χ2v) is 11.0. The maximum atomic E-state index is 11.7. The van der Waals surface area contributed by atoms with Crippen LogP contribution in [0, 0.1) is 13.0 Å². The van der Waals surface area contributed by atoms with Gasteiger partial charge < -0.3 is 4.57 Å². The highest BCUT2D eigenvalue weighted by Gasteiger charge is 2.36. The summed E-state index contributed by atoms with van der Waals surface area (Å²) in [6, 6.07) is 16.8. The largest absolute Gasteiger partial charge is 0.333 e. The van der Waals surface area contributed by atoms with E-state index in [0.29, 0.717) is 24.7 Å². The van der Waals surface area contributed by atoms with Gasteiger partial charge in [0.1, 0.15) is 17.6 Å². The van der Waals surface area contributed by atoms with E-state index in [-0.39, 0.29) is 0 Å². The zero-order valence-corrected chi connectivity index (χ0v) is 20.1. The van der Waals surface area contributed by atoms with E-state index >= 15 is 0 Å². The summed E-state index contributed by atoms with van der Waals surface area (Å²) in [6.45, 7) is 3.25. The molecule has 0 spiro atoms. The fraction of sp³-hybridized carbons (Fsp3) is 0.217. The molecule has 0 atom stereocenters. The number of aryl methyl sites for hydroxylation is 1. The summed E-state index contributed by atoms with van der Waals surface area (Å²) in [5, 5.41) is 14.0. The minimum absolute atomic E-state index is 0.353. The number of pyridine rings is 1. The molecule has 1 saturated heterocycles. The van der Waals surface area contributed by atoms with E-state index in [1.54, 1.807) is 4.68 Å². The molecule has 5 heterocycles. The number of aromatic nitrogens is 6. The minimum Gasteiger partial charge on any atom is -0.333 e. The van der Waals surface area contributed by atoms with Crippen LogP contribution >= 0.6 is 11.6 Å². The molecule has 0 bridgehead atoms. The van der Waals surface area contributed by atoms with Gasteiger partial charge in [0.15, 0.2) is 5.65 Å². The van der Waals surface area contributed by atoms with Crippen molar-refractivity contribution in [1.82, 2.24) is 33.3 Å². The highest BCUT2D eigenvalue weighted by atomic mass is 35.5. The van der Waals surface area contributed by atoms with Gasteiger partial charge in [0.2, 0.25) is 10.0 Å². The molecule has 9 nitrogen and oxygen atoms in total. The normalized spacial score (nSPS) is 15.4. The van der Waals surface area contributed by atoms with E-state index in [1.807, 2.05) is 53.9 Å². The molecule has 173 valence electrons. The van der Waals surface area contributed by atoms with Gasteiger partial charge in [0.05, 0.1) is 23.0 Å². The second-order valence-electron chi connectivity index (χ2n) is 8.53. The van der Waals surface area contributed by atoms with Crippen molar-refractivity contribution in [2.45, 2.75) is 13.5 Å². The van der Waals surface area contributed by atoms with Crippen LogP contribution in [-0.4, -0.2) is 61.0 Å². The third-order valence-corrected chi connectivity index (χ3v) is 7.62. The number of hydrogen-bond donors (Lipinski definition) is 0. The fourth-order valence-electron chi connectivity index (χ4n) is 4.42. The first-order valence-electron chi connectivity index (χ1n) is 10.7. The van der Waals surface area contributed by atoms with E-state index in [9.17, 15) is 8.42 Å². The Morgan fingerprint density at radius 3 is 2.62 bits per heavy atom. The van der Waals surface area contributed by atoms with Gasteiger partial charge >= 0.3 is 0 Å². The van der Waals surface area contributed by atoms with Crippen LogP contribution in [0.25, 0.3) is 28.1 Å². The lowest BCUT2D eigenvalue weighted by atomic mass is 10.2. The maximum Gasteiger partial charge on any atom is 0.211 e. The lowest BCUT2D eigenvalue weighted by Crippen LogP contribution is -2.50. The molecule has 1 aliphatic heterocycles. The Balaban J connectivity index is 1.46. The van der Waals surface area contributed by atoms with Crippen molar-refractivity contribution in [2.75, 3.05) is 19.3 Å². The van der Waals surface area contributed by atoms with Crippen LogP contribution in [0.2, 0.25) is 5.02 Å². The molecule has 1 aliphatic rings. The summed E-state index contributed by atoms with van der Waals surface area (Å²) >= 11 is 6.25. The van der Waals surface area contributed by atoms with Crippen molar-refractivity contribution < 1.29 is 8.42 Å². The molecule has 5 aromatic rings. The fourth-order valence-corrected chi connectivity index (χ4v) is 5.40. The Morgan fingerprint density at radius 2 is 1.85 bits per heavy atom. The van der Waals surface area contributed by atoms with Gasteiger partial charge in [-0.1, -0.05) is 23.7 Å². The summed E-state index contributed by atoms with van der Waals surface area (Å²) < 4.78 is 30.9. The number of hydrogen-bond acceptors (Lipinski definition) is 5. The first-order chi connectivity index (χ1) is 16.3. The highest BCUT2D eigenvalue weighted by Crippen LogP contribution is 2.31. The summed E-state index contributed by atoms with van der Waals surface area (Å²) in [7, 11) is -3.19. The Morgan fingerprint density at radius 1 is 1.03 bits per heavy atom. The van der Waals surface area contributed by atoms with Crippen LogP contribution < -0.4 is 0 Å². The maximum absolute atomic E-state index is 11.7. The minimum atomic E-state index is -3.19. The quantitative estimate of drug-likeness (QED) is 0.374. The predicted molar refractivity (Wildman–Crippen MR) is 130 cm³/mol. The van der Waals surface area contributed by atoms with Crippen LogP contribution in [-0.2, 0) is 16.6 Å². The van der Waals surface area contributed by atoms with Gasteiger partial charge in [-0.15, -0.1) is 10.2 Å². The molecule has 1 aromatic carbocycles. The standard InChI is InChI=1S/C23H21ClN7O2S/c1-15-25-26-23-7-6-20-22(31(15)23)11-21(29(20)12-16-4-3-5-17(24)10-16)19-8-9-30(27-19)18-13-28(14-18)34(2,32)33/h3-11H,12-14H2,1-2H3. The van der Waals surface area contributed by atoms with Crippen LogP contribution in [0.4, 0.5) is 0 Å². The van der Waals surface area contributed by atoms with Gasteiger partial charge in [-0.2, -0.15) is 9.40 Å². The van der Waals surface area contributed by atoms with Crippen molar-refractivity contribution in [3.63, 3.8) is 0 Å². The summed E-state index contributed by atoms with van der Waals surface area (Å²) in [4.78, 5) is 0. The lowest BCUT2D eigenvalue weighted by molar-refractivity contribution is 0.306. The van der Waals surface area contributed by atoms with Crippen molar-refractivity contribution in [1.29, 1.82) is 0 Å². The van der Waals surface area contributed by atoms with Crippen molar-refractivity contribution >= 4 is 38.3 Å². The highest BCUT2D eigenvalue weighted by molar-refractivity contribution is 7.88. The number of sulfonamides is 1. The van der Waals surface area contributed by atoms with E-state index in [0.717, 1.165) is 45.5 Å². The molecule has 1 fully saturated rings. The molecule has 0 saturated carbocycles. The average Bonchev–Trinajstić information content (AvgIpc) is 3.44. The van der Waals surface area contributed by atoms with E-state index in [1.165, 1.54) is 10.6 Å². The average molecular weight is 495 g/mol. The summed E-state index contributed by atoms with van der Waals surface area (Å²) in [6.07, 6.45) is 3.10. The molecule has 6 rings (SSSR count). The molecule has 4 aromatic heterocycles. The van der Waals surface area contributed by atoms with Gasteiger partial charge in [0, 0.05) is 30.9 Å². The predicted octanol–water partition coefficient (Wildman–Crippen LogP) is 3.21. The second kappa shape index (κ2) is 7.66. The summed E-state index contributed by atoms with van der Waals surface area (Å²) in [5.41, 5.74) is 5.61. The molecule has 0 aliphatic carbocycles. The van der Waals surface area contributed by atoms with Crippen LogP contribution in [0.15, 0.2) is 54.7 Å². The lowest BCUT2D eigenvalue weighted by Gasteiger charge is -2.36. The number of nitrogens with zero attached hydrogens (tertiary/aromatic N) is 7. The van der Waals surface area contributed by atoms with Crippen molar-refractivity contribution in [3.8, 4) is 11.4 Å². The van der Waals surface area contributed by atoms with Gasteiger partial charge in [-0.3, -0.25) is 9.08 Å². The molecule has 0 amide bonds. The van der Waals surface area contributed by atoms with Crippen molar-refractivity contribution in [3.05, 3.63) is 77.2 Å². The van der Waals surface area contributed by atoms with Crippen LogP contribution in [0.1, 0.15) is 11.4 Å². The smallest absolute Gasteiger partial charge is 0.211 e. The molecular formula is C23H21ClN7O2S. The Bertz CT molecular complexity index is 1660. The molecule has 11 heteroatoms. The molecule has 0 unspecified atom stereocenters. The van der Waals surface area contributed by atoms with E-state index in [4.69, 9.17) is 16.7 Å². The monoisotopic (exact) mass is 494 g/mol. The molecular weight excluding hydrogens is 474 g/mol. The Hall–Kier alpha value is -3.21. The topological polar surface area (TPSA) is 90.3 Å². The molecule has 1 radical (unpaired) electrons. The zero-order chi connectivity index (χ0) is 23.6. The van der Waals surface area contributed by atoms with Crippen LogP contribution in [0.3, 0.4) is 0 Å². The first kappa shape index (κ1) is 21.3. The van der Waals surface area contributed by atoms with Crippen LogP contribution in [0.5, 0.6) is 0 Å². The van der Waals surface area contributed by atoms with Gasteiger partial charge in [-0.25, -0.2) is 8.42 Å². The SMILES string of the molecule is Cc1nnc2ccc3c(cc(-c4ccn([C]5CN(S(C)(=O)=O)C5)n4)n3Cc3cccc(Cl)c3)n12. The third kappa shape index (κ3) is 3.49. The number of benzene rings is 1. The zero-order valence-electron chi connectivity index (χ0n) is 18.6. The van der Waals surface area contributed by atoms with E-state index < -0.39 is 10.0 Å².